The van der Waals surface area contributed by atoms with E-state index in [-0.39, 0.29) is 6.03 Å². The second-order valence-corrected chi connectivity index (χ2v) is 5.94. The van der Waals surface area contributed by atoms with Crippen LogP contribution in [0.4, 0.5) is 4.79 Å². The van der Waals surface area contributed by atoms with Gasteiger partial charge < -0.3 is 15.0 Å². The van der Waals surface area contributed by atoms with Gasteiger partial charge in [0.1, 0.15) is 6.04 Å². The summed E-state index contributed by atoms with van der Waals surface area (Å²) in [5.74, 6) is -0.486. The fourth-order valence-electron chi connectivity index (χ4n) is 2.85. The molecule has 1 saturated heterocycles. The van der Waals surface area contributed by atoms with Crippen molar-refractivity contribution < 1.29 is 14.3 Å². The van der Waals surface area contributed by atoms with E-state index in [4.69, 9.17) is 10.00 Å². The van der Waals surface area contributed by atoms with Crippen LogP contribution in [-0.2, 0) is 16.0 Å². The van der Waals surface area contributed by atoms with E-state index in [1.54, 1.807) is 23.1 Å². The zero-order valence-corrected chi connectivity index (χ0v) is 14.0. The largest absolute Gasteiger partial charge is 0.467 e. The molecule has 1 atom stereocenters. The number of esters is 1. The number of nitriles is 1. The average molecular weight is 329 g/mol. The van der Waals surface area contributed by atoms with Crippen LogP contribution in [0.3, 0.4) is 0 Å². The molecule has 0 radical (unpaired) electrons. The van der Waals surface area contributed by atoms with E-state index in [1.165, 1.54) is 7.11 Å². The average Bonchev–Trinajstić information content (AvgIpc) is 2.90. The number of amides is 2. The maximum absolute atomic E-state index is 12.4. The Hall–Kier alpha value is -2.55. The summed E-state index contributed by atoms with van der Waals surface area (Å²) < 4.78 is 4.82. The predicted molar refractivity (Wildman–Crippen MR) is 89.2 cm³/mol. The highest BCUT2D eigenvalue weighted by Gasteiger charge is 2.25. The topological polar surface area (TPSA) is 82.4 Å². The molecule has 1 heterocycles. The first-order valence-corrected chi connectivity index (χ1v) is 8.26. The van der Waals surface area contributed by atoms with Gasteiger partial charge >= 0.3 is 12.0 Å². The van der Waals surface area contributed by atoms with E-state index < -0.39 is 12.0 Å². The normalized spacial score (nSPS) is 15.8. The molecule has 1 fully saturated rings. The first-order valence-electron chi connectivity index (χ1n) is 8.26. The van der Waals surface area contributed by atoms with Crippen LogP contribution < -0.4 is 5.32 Å². The molecule has 0 spiro atoms. The summed E-state index contributed by atoms with van der Waals surface area (Å²) in [5.41, 5.74) is 1.33. The van der Waals surface area contributed by atoms with Gasteiger partial charge in [-0.15, -0.1) is 0 Å². The van der Waals surface area contributed by atoms with Crippen molar-refractivity contribution >= 4 is 12.0 Å². The van der Waals surface area contributed by atoms with Gasteiger partial charge in [-0.2, -0.15) is 5.26 Å². The van der Waals surface area contributed by atoms with Crippen LogP contribution in [0.25, 0.3) is 0 Å². The quantitative estimate of drug-likeness (QED) is 0.859. The highest BCUT2D eigenvalue weighted by molar-refractivity contribution is 5.83. The highest BCUT2D eigenvalue weighted by Crippen LogP contribution is 2.11. The molecule has 2 rings (SSSR count). The van der Waals surface area contributed by atoms with Gasteiger partial charge in [0.05, 0.1) is 18.7 Å². The molecular weight excluding hydrogens is 306 g/mol. The van der Waals surface area contributed by atoms with Crippen LogP contribution in [-0.4, -0.2) is 43.1 Å². The molecule has 128 valence electrons. The minimum atomic E-state index is -0.764. The molecule has 1 aromatic carbocycles. The zero-order valence-electron chi connectivity index (χ0n) is 14.0. The van der Waals surface area contributed by atoms with Gasteiger partial charge in [0.15, 0.2) is 0 Å². The third kappa shape index (κ3) is 4.98. The van der Waals surface area contributed by atoms with E-state index in [9.17, 15) is 9.59 Å². The maximum Gasteiger partial charge on any atom is 0.328 e. The van der Waals surface area contributed by atoms with Crippen LogP contribution in [0.15, 0.2) is 24.3 Å². The Kier molecular flexibility index (Phi) is 6.62. The van der Waals surface area contributed by atoms with Crippen LogP contribution in [0.1, 0.15) is 36.8 Å². The van der Waals surface area contributed by atoms with E-state index in [0.29, 0.717) is 25.1 Å². The number of likely N-dealkylation sites (tertiary alicyclic amines) is 1. The minimum absolute atomic E-state index is 0.233. The molecule has 0 bridgehead atoms. The molecule has 0 unspecified atom stereocenters. The number of carbonyl (C=O) groups is 2. The Labute approximate surface area is 142 Å². The van der Waals surface area contributed by atoms with Crippen molar-refractivity contribution in [2.24, 2.45) is 0 Å². The lowest BCUT2D eigenvalue weighted by atomic mass is 10.0. The summed E-state index contributed by atoms with van der Waals surface area (Å²) in [6.45, 7) is 1.42. The van der Waals surface area contributed by atoms with Crippen LogP contribution in [0.5, 0.6) is 0 Å². The summed E-state index contributed by atoms with van der Waals surface area (Å²) in [4.78, 5) is 26.2. The number of nitrogens with one attached hydrogen (secondary N) is 1. The van der Waals surface area contributed by atoms with Gasteiger partial charge in [-0.05, 0) is 30.5 Å². The van der Waals surface area contributed by atoms with Gasteiger partial charge in [0.2, 0.25) is 0 Å². The van der Waals surface area contributed by atoms with Gasteiger partial charge in [-0.25, -0.2) is 9.59 Å². The molecule has 24 heavy (non-hydrogen) atoms. The molecule has 1 aliphatic rings. The van der Waals surface area contributed by atoms with Crippen LogP contribution in [0.2, 0.25) is 0 Å². The number of benzene rings is 1. The first kappa shape index (κ1) is 17.8. The maximum atomic E-state index is 12.4. The van der Waals surface area contributed by atoms with E-state index >= 15 is 0 Å². The number of methoxy groups -OCH3 is 1. The summed E-state index contributed by atoms with van der Waals surface area (Å²) in [6, 6.07) is 8.08. The molecule has 6 nitrogen and oxygen atoms in total. The molecule has 1 N–H and O–H groups in total. The molecule has 1 aliphatic heterocycles. The fourth-order valence-corrected chi connectivity index (χ4v) is 2.85. The number of rotatable bonds is 4. The summed E-state index contributed by atoms with van der Waals surface area (Å²) in [5, 5.41) is 11.8. The Morgan fingerprint density at radius 1 is 1.29 bits per heavy atom. The third-order valence-electron chi connectivity index (χ3n) is 4.17. The SMILES string of the molecule is COC(=O)[C@@H](Cc1cccc(C#N)c1)NC(=O)N1CCCCCC1. The van der Waals surface area contributed by atoms with Crippen molar-refractivity contribution in [3.05, 3.63) is 35.4 Å². The number of hydrogen-bond acceptors (Lipinski definition) is 4. The monoisotopic (exact) mass is 329 g/mol. The van der Waals surface area contributed by atoms with Crippen molar-refractivity contribution in [1.82, 2.24) is 10.2 Å². The van der Waals surface area contributed by atoms with Crippen molar-refractivity contribution in [2.45, 2.75) is 38.1 Å². The Balaban J connectivity index is 2.06. The van der Waals surface area contributed by atoms with Gasteiger partial charge in [0.25, 0.3) is 0 Å². The molecule has 1 aromatic rings. The lowest BCUT2D eigenvalue weighted by Gasteiger charge is -2.24. The van der Waals surface area contributed by atoms with E-state index in [2.05, 4.69) is 11.4 Å². The number of hydrogen-bond donors (Lipinski definition) is 1. The number of nitrogens with zero attached hydrogens (tertiary/aromatic N) is 2. The standard InChI is InChI=1S/C18H23N3O3/c1-24-17(22)16(12-14-7-6-8-15(11-14)13-19)20-18(23)21-9-4-2-3-5-10-21/h6-8,11,16H,2-5,9-10,12H2,1H3,(H,20,23)/t16-/m1/s1. The van der Waals surface area contributed by atoms with E-state index in [1.807, 2.05) is 6.07 Å². The Bertz CT molecular complexity index is 616. The predicted octanol–water partition coefficient (Wildman–Crippen LogP) is 2.23. The summed E-state index contributed by atoms with van der Waals surface area (Å²) in [6.07, 6.45) is 4.53. The summed E-state index contributed by atoms with van der Waals surface area (Å²) >= 11 is 0. The fraction of sp³-hybridized carbons (Fsp3) is 0.500. The zero-order chi connectivity index (χ0) is 17.4. The molecule has 0 saturated carbocycles. The number of urea groups is 1. The number of ether oxygens (including phenoxy) is 1. The van der Waals surface area contributed by atoms with Crippen molar-refractivity contribution in [3.63, 3.8) is 0 Å². The number of carbonyl (C=O) groups excluding carboxylic acids is 2. The third-order valence-corrected chi connectivity index (χ3v) is 4.17. The molecule has 2 amide bonds. The van der Waals surface area contributed by atoms with Crippen molar-refractivity contribution in [1.29, 1.82) is 5.26 Å². The molecule has 0 aliphatic carbocycles. The van der Waals surface area contributed by atoms with Crippen LogP contribution in [0, 0.1) is 11.3 Å². The second kappa shape index (κ2) is 8.92. The first-order chi connectivity index (χ1) is 11.6. The highest BCUT2D eigenvalue weighted by atomic mass is 16.5. The van der Waals surface area contributed by atoms with Crippen LogP contribution >= 0.6 is 0 Å². The van der Waals surface area contributed by atoms with Gasteiger partial charge in [-0.1, -0.05) is 25.0 Å². The Morgan fingerprint density at radius 3 is 2.62 bits per heavy atom. The van der Waals surface area contributed by atoms with E-state index in [0.717, 1.165) is 31.2 Å². The summed E-state index contributed by atoms with van der Waals surface area (Å²) in [7, 11) is 1.30. The Morgan fingerprint density at radius 2 is 2.00 bits per heavy atom. The lowest BCUT2D eigenvalue weighted by Crippen LogP contribution is -2.49. The minimum Gasteiger partial charge on any atom is -0.467 e. The molecule has 0 aromatic heterocycles. The molecular formula is C18H23N3O3. The van der Waals surface area contributed by atoms with Crippen molar-refractivity contribution in [2.75, 3.05) is 20.2 Å². The second-order valence-electron chi connectivity index (χ2n) is 5.94. The smallest absolute Gasteiger partial charge is 0.328 e. The van der Waals surface area contributed by atoms with Crippen molar-refractivity contribution in [3.8, 4) is 6.07 Å². The lowest BCUT2D eigenvalue weighted by molar-refractivity contribution is -0.142. The van der Waals surface area contributed by atoms with Gasteiger partial charge in [0, 0.05) is 19.5 Å². The molecule has 6 heteroatoms. The van der Waals surface area contributed by atoms with Gasteiger partial charge in [-0.3, -0.25) is 0 Å².